The summed E-state index contributed by atoms with van der Waals surface area (Å²) >= 11 is 0. The Balaban J connectivity index is 2.23. The van der Waals surface area contributed by atoms with Gasteiger partial charge in [-0.3, -0.25) is 0 Å². The monoisotopic (exact) mass is 375 g/mol. The number of alkyl carbamates (subject to hydrolysis) is 1. The van der Waals surface area contributed by atoms with Crippen molar-refractivity contribution in [2.24, 2.45) is 0 Å². The van der Waals surface area contributed by atoms with E-state index in [0.29, 0.717) is 5.82 Å². The smallest absolute Gasteiger partial charge is 0.408 e. The molecule has 0 aliphatic rings. The molecule has 2 aromatic rings. The third-order valence-electron chi connectivity index (χ3n) is 3.54. The number of carbonyl (C=O) groups excluding carboxylic acids is 2. The van der Waals surface area contributed by atoms with Crippen LogP contribution >= 0.6 is 0 Å². The van der Waals surface area contributed by atoms with Crippen LogP contribution in [0.5, 0.6) is 0 Å². The van der Waals surface area contributed by atoms with Crippen molar-refractivity contribution in [3.8, 4) is 0 Å². The minimum Gasteiger partial charge on any atom is -0.458 e. The van der Waals surface area contributed by atoms with E-state index in [-0.39, 0.29) is 6.42 Å². The number of nitrogens with zero attached hydrogens (tertiary/aromatic N) is 1. The van der Waals surface area contributed by atoms with Crippen LogP contribution in [0.3, 0.4) is 0 Å². The summed E-state index contributed by atoms with van der Waals surface area (Å²) in [6, 6.07) is 4.91. The van der Waals surface area contributed by atoms with Crippen LogP contribution in [0.4, 0.5) is 4.79 Å². The van der Waals surface area contributed by atoms with E-state index in [1.165, 1.54) is 0 Å². The number of rotatable bonds is 4. The molecule has 7 nitrogen and oxygen atoms in total. The molecular weight excluding hydrogens is 346 g/mol. The molecule has 0 unspecified atom stereocenters. The van der Waals surface area contributed by atoms with Gasteiger partial charge < -0.3 is 19.8 Å². The van der Waals surface area contributed by atoms with Gasteiger partial charge in [0.1, 0.15) is 23.1 Å². The molecule has 0 fully saturated rings. The molecule has 0 radical (unpaired) electrons. The van der Waals surface area contributed by atoms with Gasteiger partial charge in [0.2, 0.25) is 0 Å². The van der Waals surface area contributed by atoms with Crippen molar-refractivity contribution in [3.05, 3.63) is 29.6 Å². The number of benzene rings is 1. The zero-order chi connectivity index (χ0) is 20.4. The molecule has 2 rings (SSSR count). The molecule has 2 N–H and O–H groups in total. The van der Waals surface area contributed by atoms with Crippen LogP contribution in [-0.2, 0) is 20.7 Å². The standard InChI is InChI=1S/C20H29N3O4/c1-12-9-8-10-13-16(12)23-15(21-13)11-14(17(24)26-19(2,3)4)22-18(25)27-20(5,6)7/h8-10,14H,11H2,1-7H3,(H,21,23)(H,22,25)/t14-/m0/s1. The Morgan fingerprint density at radius 1 is 1.11 bits per heavy atom. The predicted octanol–water partition coefficient (Wildman–Crippen LogP) is 3.65. The Morgan fingerprint density at radius 2 is 1.74 bits per heavy atom. The highest BCUT2D eigenvalue weighted by atomic mass is 16.6. The maximum Gasteiger partial charge on any atom is 0.408 e. The molecule has 27 heavy (non-hydrogen) atoms. The van der Waals surface area contributed by atoms with Crippen LogP contribution in [0.25, 0.3) is 11.0 Å². The summed E-state index contributed by atoms with van der Waals surface area (Å²) in [5.74, 6) is 0.0526. The largest absolute Gasteiger partial charge is 0.458 e. The molecular formula is C20H29N3O4. The molecule has 1 heterocycles. The fourth-order valence-electron chi connectivity index (χ4n) is 2.53. The molecule has 0 saturated heterocycles. The summed E-state index contributed by atoms with van der Waals surface area (Å²) in [4.78, 5) is 32.5. The second kappa shape index (κ2) is 7.58. The number of aromatic nitrogens is 2. The van der Waals surface area contributed by atoms with Crippen molar-refractivity contribution in [2.45, 2.75) is 72.1 Å². The Morgan fingerprint density at radius 3 is 2.30 bits per heavy atom. The third kappa shape index (κ3) is 6.27. The number of aromatic amines is 1. The number of H-pyrrole nitrogens is 1. The first-order chi connectivity index (χ1) is 12.3. The third-order valence-corrected chi connectivity index (χ3v) is 3.54. The Kier molecular flexibility index (Phi) is 5.82. The quantitative estimate of drug-likeness (QED) is 0.796. The topological polar surface area (TPSA) is 93.3 Å². The molecule has 1 aromatic heterocycles. The number of hydrogen-bond donors (Lipinski definition) is 2. The normalized spacial score (nSPS) is 13.3. The molecule has 1 amide bonds. The van der Waals surface area contributed by atoms with Gasteiger partial charge in [-0.1, -0.05) is 12.1 Å². The van der Waals surface area contributed by atoms with Gasteiger partial charge in [0, 0.05) is 6.42 Å². The van der Waals surface area contributed by atoms with E-state index in [2.05, 4.69) is 15.3 Å². The van der Waals surface area contributed by atoms with Gasteiger partial charge in [0.15, 0.2) is 0 Å². The summed E-state index contributed by atoms with van der Waals surface area (Å²) in [5, 5.41) is 2.61. The minimum atomic E-state index is -0.917. The van der Waals surface area contributed by atoms with Gasteiger partial charge in [-0.05, 0) is 60.1 Å². The van der Waals surface area contributed by atoms with Crippen LogP contribution in [0.15, 0.2) is 18.2 Å². The zero-order valence-electron chi connectivity index (χ0n) is 17.1. The number of ether oxygens (including phenoxy) is 2. The SMILES string of the molecule is Cc1cccc2[nH]c(C[C@H](NC(=O)OC(C)(C)C)C(=O)OC(C)(C)C)nc12. The highest BCUT2D eigenvalue weighted by Crippen LogP contribution is 2.17. The highest BCUT2D eigenvalue weighted by molar-refractivity contribution is 5.82. The molecule has 148 valence electrons. The van der Waals surface area contributed by atoms with Crippen molar-refractivity contribution < 1.29 is 19.1 Å². The Labute approximate surface area is 159 Å². The predicted molar refractivity (Wildman–Crippen MR) is 104 cm³/mol. The number of aryl methyl sites for hydroxylation is 1. The van der Waals surface area contributed by atoms with E-state index >= 15 is 0 Å². The number of imidazole rings is 1. The average Bonchev–Trinajstić information content (AvgIpc) is 2.87. The zero-order valence-corrected chi connectivity index (χ0v) is 17.1. The van der Waals surface area contributed by atoms with Crippen LogP contribution in [-0.4, -0.2) is 39.3 Å². The number of fused-ring (bicyclic) bond motifs is 1. The second-order valence-electron chi connectivity index (χ2n) is 8.59. The van der Waals surface area contributed by atoms with Crippen molar-refractivity contribution >= 4 is 23.1 Å². The number of para-hydroxylation sites is 1. The summed E-state index contributed by atoms with van der Waals surface area (Å²) in [6.07, 6.45) is -0.506. The van der Waals surface area contributed by atoms with E-state index in [0.717, 1.165) is 16.6 Å². The minimum absolute atomic E-state index is 0.169. The van der Waals surface area contributed by atoms with E-state index in [1.807, 2.05) is 25.1 Å². The lowest BCUT2D eigenvalue weighted by Crippen LogP contribution is -2.47. The first-order valence-electron chi connectivity index (χ1n) is 9.01. The van der Waals surface area contributed by atoms with Crippen LogP contribution in [0.1, 0.15) is 52.9 Å². The second-order valence-corrected chi connectivity index (χ2v) is 8.59. The lowest BCUT2D eigenvalue weighted by Gasteiger charge is -2.26. The van der Waals surface area contributed by atoms with Crippen molar-refractivity contribution in [2.75, 3.05) is 0 Å². The van der Waals surface area contributed by atoms with Crippen molar-refractivity contribution in [3.63, 3.8) is 0 Å². The van der Waals surface area contributed by atoms with E-state index in [9.17, 15) is 9.59 Å². The molecule has 0 aliphatic carbocycles. The van der Waals surface area contributed by atoms with Crippen LogP contribution < -0.4 is 5.32 Å². The molecule has 7 heteroatoms. The van der Waals surface area contributed by atoms with Gasteiger partial charge >= 0.3 is 12.1 Å². The lowest BCUT2D eigenvalue weighted by molar-refractivity contribution is -0.157. The van der Waals surface area contributed by atoms with Gasteiger partial charge in [-0.15, -0.1) is 0 Å². The first kappa shape index (κ1) is 20.7. The Hall–Kier alpha value is -2.57. The summed E-state index contributed by atoms with van der Waals surface area (Å²) in [6.45, 7) is 12.6. The fourth-order valence-corrected chi connectivity index (χ4v) is 2.53. The maximum atomic E-state index is 12.6. The van der Waals surface area contributed by atoms with Crippen LogP contribution in [0.2, 0.25) is 0 Å². The molecule has 0 bridgehead atoms. The number of esters is 1. The lowest BCUT2D eigenvalue weighted by atomic mass is 10.1. The molecule has 0 aliphatic heterocycles. The van der Waals surface area contributed by atoms with Crippen molar-refractivity contribution in [1.82, 2.24) is 15.3 Å². The average molecular weight is 375 g/mol. The van der Waals surface area contributed by atoms with E-state index < -0.39 is 29.3 Å². The number of nitrogens with one attached hydrogen (secondary N) is 2. The maximum absolute atomic E-state index is 12.6. The van der Waals surface area contributed by atoms with Crippen molar-refractivity contribution in [1.29, 1.82) is 0 Å². The van der Waals surface area contributed by atoms with Gasteiger partial charge in [-0.25, -0.2) is 14.6 Å². The van der Waals surface area contributed by atoms with E-state index in [4.69, 9.17) is 9.47 Å². The summed E-state index contributed by atoms with van der Waals surface area (Å²) in [5.41, 5.74) is 1.41. The summed E-state index contributed by atoms with van der Waals surface area (Å²) < 4.78 is 10.7. The fraction of sp³-hybridized carbons (Fsp3) is 0.550. The molecule has 1 atom stereocenters. The van der Waals surface area contributed by atoms with E-state index in [1.54, 1.807) is 41.5 Å². The summed E-state index contributed by atoms with van der Waals surface area (Å²) in [7, 11) is 0. The molecule has 0 saturated carbocycles. The Bertz CT molecular complexity index is 828. The van der Waals surface area contributed by atoms with Gasteiger partial charge in [-0.2, -0.15) is 0 Å². The molecule has 0 spiro atoms. The highest BCUT2D eigenvalue weighted by Gasteiger charge is 2.29. The van der Waals surface area contributed by atoms with Gasteiger partial charge in [0.05, 0.1) is 11.0 Å². The number of hydrogen-bond acceptors (Lipinski definition) is 5. The van der Waals surface area contributed by atoms with Gasteiger partial charge in [0.25, 0.3) is 0 Å². The molecule has 1 aromatic carbocycles. The van der Waals surface area contributed by atoms with Crippen LogP contribution in [0, 0.1) is 6.92 Å². The first-order valence-corrected chi connectivity index (χ1v) is 9.01. The number of amides is 1. The number of carbonyl (C=O) groups is 2.